The van der Waals surface area contributed by atoms with Crippen LogP contribution in [0.3, 0.4) is 0 Å². The number of nitrogens with one attached hydrogen (secondary N) is 2. The van der Waals surface area contributed by atoms with Crippen LogP contribution in [-0.4, -0.2) is 11.2 Å². The van der Waals surface area contributed by atoms with Crippen molar-refractivity contribution in [3.63, 3.8) is 0 Å². The molecule has 0 saturated heterocycles. The fourth-order valence-corrected chi connectivity index (χ4v) is 3.82. The molecule has 1 aromatic carbocycles. The second kappa shape index (κ2) is 5.17. The van der Waals surface area contributed by atoms with E-state index < -0.39 is 0 Å². The number of hydrogen-bond donors (Lipinski definition) is 2. The molecule has 0 aliphatic heterocycles. The summed E-state index contributed by atoms with van der Waals surface area (Å²) in [6, 6.07) is 8.68. The lowest BCUT2D eigenvalue weighted by Crippen LogP contribution is -2.40. The lowest BCUT2D eigenvalue weighted by atomic mass is 9.96. The van der Waals surface area contributed by atoms with Crippen molar-refractivity contribution >= 4 is 38.9 Å². The average molecular weight is 325 g/mol. The first-order valence-electron chi connectivity index (χ1n) is 6.54. The SMILES string of the molecule is S=C(Nc1ccc(Br)cc1)N[C@H]1C[C@@H]2CC[C@@H]1C2. The van der Waals surface area contributed by atoms with Crippen molar-refractivity contribution in [2.45, 2.75) is 31.7 Å². The first-order valence-corrected chi connectivity index (χ1v) is 7.74. The van der Waals surface area contributed by atoms with Gasteiger partial charge >= 0.3 is 0 Å². The van der Waals surface area contributed by atoms with Gasteiger partial charge in [0.2, 0.25) is 0 Å². The summed E-state index contributed by atoms with van der Waals surface area (Å²) in [5, 5.41) is 7.50. The van der Waals surface area contributed by atoms with Gasteiger partial charge in [-0.1, -0.05) is 22.4 Å². The Kier molecular flexibility index (Phi) is 3.57. The second-order valence-electron chi connectivity index (χ2n) is 5.39. The maximum absolute atomic E-state index is 5.39. The molecule has 3 atom stereocenters. The molecule has 0 heterocycles. The Morgan fingerprint density at radius 1 is 1.17 bits per heavy atom. The molecule has 0 aromatic heterocycles. The molecule has 18 heavy (non-hydrogen) atoms. The predicted octanol–water partition coefficient (Wildman–Crippen LogP) is 3.92. The van der Waals surface area contributed by atoms with Gasteiger partial charge in [0.15, 0.2) is 5.11 Å². The fourth-order valence-electron chi connectivity index (χ4n) is 3.29. The number of rotatable bonds is 2. The molecule has 2 N–H and O–H groups in total. The monoisotopic (exact) mass is 324 g/mol. The molecule has 2 nitrogen and oxygen atoms in total. The van der Waals surface area contributed by atoms with Gasteiger partial charge in [-0.2, -0.15) is 0 Å². The van der Waals surface area contributed by atoms with Crippen LogP contribution in [0.15, 0.2) is 28.7 Å². The minimum atomic E-state index is 0.596. The highest BCUT2D eigenvalue weighted by molar-refractivity contribution is 9.10. The second-order valence-corrected chi connectivity index (χ2v) is 6.71. The Balaban J connectivity index is 1.54. The van der Waals surface area contributed by atoms with E-state index in [0.29, 0.717) is 6.04 Å². The first kappa shape index (κ1) is 12.4. The molecule has 0 spiro atoms. The summed E-state index contributed by atoms with van der Waals surface area (Å²) in [7, 11) is 0. The van der Waals surface area contributed by atoms with E-state index in [1.165, 1.54) is 25.7 Å². The lowest BCUT2D eigenvalue weighted by Gasteiger charge is -2.24. The number of benzene rings is 1. The van der Waals surface area contributed by atoms with E-state index in [9.17, 15) is 0 Å². The van der Waals surface area contributed by atoms with Gasteiger partial charge in [0.1, 0.15) is 0 Å². The van der Waals surface area contributed by atoms with Gasteiger partial charge < -0.3 is 10.6 Å². The van der Waals surface area contributed by atoms with Crippen molar-refractivity contribution < 1.29 is 0 Å². The third-order valence-corrected chi connectivity index (χ3v) is 4.91. The molecule has 3 rings (SSSR count). The van der Waals surface area contributed by atoms with E-state index in [1.54, 1.807) is 0 Å². The minimum Gasteiger partial charge on any atom is -0.359 e. The largest absolute Gasteiger partial charge is 0.359 e. The number of halogens is 1. The smallest absolute Gasteiger partial charge is 0.171 e. The highest BCUT2D eigenvalue weighted by Gasteiger charge is 2.39. The van der Waals surface area contributed by atoms with Gasteiger partial charge in [0.25, 0.3) is 0 Å². The maximum atomic E-state index is 5.39. The molecule has 4 heteroatoms. The molecule has 0 radical (unpaired) electrons. The fraction of sp³-hybridized carbons (Fsp3) is 0.500. The third-order valence-electron chi connectivity index (χ3n) is 4.16. The molecular weight excluding hydrogens is 308 g/mol. The number of fused-ring (bicyclic) bond motifs is 2. The molecular formula is C14H17BrN2S. The van der Waals surface area contributed by atoms with Gasteiger partial charge in [-0.15, -0.1) is 0 Å². The molecule has 96 valence electrons. The van der Waals surface area contributed by atoms with Crippen LogP contribution in [-0.2, 0) is 0 Å². The average Bonchev–Trinajstić information content (AvgIpc) is 2.94. The number of anilines is 1. The number of hydrogen-bond acceptors (Lipinski definition) is 1. The van der Waals surface area contributed by atoms with Gasteiger partial charge in [-0.3, -0.25) is 0 Å². The van der Waals surface area contributed by atoms with Crippen LogP contribution in [0.5, 0.6) is 0 Å². The van der Waals surface area contributed by atoms with Crippen molar-refractivity contribution in [1.29, 1.82) is 0 Å². The Hall–Kier alpha value is -0.610. The van der Waals surface area contributed by atoms with Gasteiger partial charge in [0, 0.05) is 16.2 Å². The summed E-state index contributed by atoms with van der Waals surface area (Å²) in [6.45, 7) is 0. The van der Waals surface area contributed by atoms with E-state index in [0.717, 1.165) is 27.1 Å². The standard InChI is InChI=1S/C14H17BrN2S/c15-11-3-5-12(6-4-11)16-14(18)17-13-8-9-1-2-10(13)7-9/h3-6,9-10,13H,1-2,7-8H2,(H2,16,17,18)/t9-,10-,13+/m1/s1. The molecule has 2 saturated carbocycles. The topological polar surface area (TPSA) is 24.1 Å². The normalized spacial score (nSPS) is 29.3. The first-order chi connectivity index (χ1) is 8.70. The molecule has 2 fully saturated rings. The Morgan fingerprint density at radius 2 is 1.94 bits per heavy atom. The molecule has 0 unspecified atom stereocenters. The van der Waals surface area contributed by atoms with Crippen LogP contribution in [0.4, 0.5) is 5.69 Å². The van der Waals surface area contributed by atoms with E-state index in [1.807, 2.05) is 24.3 Å². The van der Waals surface area contributed by atoms with Gasteiger partial charge in [-0.05, 0) is 67.6 Å². The van der Waals surface area contributed by atoms with Crippen molar-refractivity contribution in [2.75, 3.05) is 5.32 Å². The zero-order valence-electron chi connectivity index (χ0n) is 10.2. The van der Waals surface area contributed by atoms with Crippen LogP contribution >= 0.6 is 28.1 Å². The van der Waals surface area contributed by atoms with E-state index in [4.69, 9.17) is 12.2 Å². The Labute approximate surface area is 122 Å². The lowest BCUT2D eigenvalue weighted by molar-refractivity contribution is 0.392. The summed E-state index contributed by atoms with van der Waals surface area (Å²) in [4.78, 5) is 0. The zero-order valence-corrected chi connectivity index (χ0v) is 12.6. The van der Waals surface area contributed by atoms with Crippen molar-refractivity contribution in [3.05, 3.63) is 28.7 Å². The van der Waals surface area contributed by atoms with Crippen molar-refractivity contribution in [2.24, 2.45) is 11.8 Å². The molecule has 0 amide bonds. The van der Waals surface area contributed by atoms with Crippen LogP contribution in [0.1, 0.15) is 25.7 Å². The van der Waals surface area contributed by atoms with Crippen molar-refractivity contribution in [1.82, 2.24) is 5.32 Å². The minimum absolute atomic E-state index is 0.596. The van der Waals surface area contributed by atoms with E-state index in [2.05, 4.69) is 26.6 Å². The van der Waals surface area contributed by atoms with E-state index >= 15 is 0 Å². The summed E-state index contributed by atoms with van der Waals surface area (Å²) in [6.07, 6.45) is 5.50. The predicted molar refractivity (Wildman–Crippen MR) is 82.7 cm³/mol. The third kappa shape index (κ3) is 2.69. The maximum Gasteiger partial charge on any atom is 0.171 e. The highest BCUT2D eigenvalue weighted by atomic mass is 79.9. The van der Waals surface area contributed by atoms with Gasteiger partial charge in [0.05, 0.1) is 0 Å². The van der Waals surface area contributed by atoms with Crippen LogP contribution in [0.2, 0.25) is 0 Å². The summed E-state index contributed by atoms with van der Waals surface area (Å²) >= 11 is 8.82. The summed E-state index contributed by atoms with van der Waals surface area (Å²) < 4.78 is 1.08. The van der Waals surface area contributed by atoms with Gasteiger partial charge in [-0.25, -0.2) is 0 Å². The van der Waals surface area contributed by atoms with E-state index in [-0.39, 0.29) is 0 Å². The highest BCUT2D eigenvalue weighted by Crippen LogP contribution is 2.44. The molecule has 1 aromatic rings. The summed E-state index contributed by atoms with van der Waals surface area (Å²) in [5.41, 5.74) is 1.04. The molecule has 2 aliphatic carbocycles. The van der Waals surface area contributed by atoms with Crippen LogP contribution < -0.4 is 10.6 Å². The molecule has 2 aliphatic rings. The summed E-state index contributed by atoms with van der Waals surface area (Å²) in [5.74, 6) is 1.79. The van der Waals surface area contributed by atoms with Crippen LogP contribution in [0, 0.1) is 11.8 Å². The quantitative estimate of drug-likeness (QED) is 0.806. The number of thiocarbonyl (C=S) groups is 1. The Bertz CT molecular complexity index is 446. The van der Waals surface area contributed by atoms with Crippen molar-refractivity contribution in [3.8, 4) is 0 Å². The Morgan fingerprint density at radius 3 is 2.56 bits per heavy atom. The zero-order chi connectivity index (χ0) is 12.5. The molecule has 2 bridgehead atoms. The van der Waals surface area contributed by atoms with Crippen LogP contribution in [0.25, 0.3) is 0 Å².